The first-order chi connectivity index (χ1) is 10.0. The van der Waals surface area contributed by atoms with E-state index >= 15 is 0 Å². The lowest BCUT2D eigenvalue weighted by molar-refractivity contribution is 0.189. The van der Waals surface area contributed by atoms with Crippen LogP contribution in [0.3, 0.4) is 0 Å². The molecule has 0 spiro atoms. The second-order valence-corrected chi connectivity index (χ2v) is 6.67. The second-order valence-electron chi connectivity index (χ2n) is 6.67. The van der Waals surface area contributed by atoms with Gasteiger partial charge < -0.3 is 0 Å². The van der Waals surface area contributed by atoms with E-state index in [0.29, 0.717) is 5.92 Å². The quantitative estimate of drug-likeness (QED) is 0.782. The molecule has 1 aliphatic heterocycles. The fourth-order valence-corrected chi connectivity index (χ4v) is 3.68. The van der Waals surface area contributed by atoms with Gasteiger partial charge in [0.1, 0.15) is 0 Å². The molecule has 0 bridgehead atoms. The van der Waals surface area contributed by atoms with Crippen molar-refractivity contribution in [3.05, 3.63) is 39.3 Å². The van der Waals surface area contributed by atoms with E-state index in [0.717, 1.165) is 43.2 Å². The fourth-order valence-electron chi connectivity index (χ4n) is 3.68. The first kappa shape index (κ1) is 14.5. The van der Waals surface area contributed by atoms with E-state index in [4.69, 9.17) is 0 Å². The van der Waals surface area contributed by atoms with Gasteiger partial charge in [-0.15, -0.1) is 0 Å². The minimum Gasteiger partial charge on any atom is -0.298 e. The monoisotopic (exact) mass is 287 g/mol. The van der Waals surface area contributed by atoms with Gasteiger partial charge in [-0.1, -0.05) is 18.6 Å². The number of aryl methyl sites for hydroxylation is 1. The molecule has 0 saturated heterocycles. The highest BCUT2D eigenvalue weighted by Gasteiger charge is 2.26. The molecule has 0 unspecified atom stereocenters. The molecule has 0 saturated carbocycles. The molecule has 0 amide bonds. The highest BCUT2D eigenvalue weighted by atomic mass is 16.1. The first-order valence-corrected chi connectivity index (χ1v) is 7.99. The zero-order chi connectivity index (χ0) is 15.0. The van der Waals surface area contributed by atoms with Crippen LogP contribution in [0.5, 0.6) is 0 Å². The number of fused-ring (bicyclic) bond motifs is 1. The van der Waals surface area contributed by atoms with Gasteiger partial charge in [0.05, 0.1) is 5.69 Å². The Hall–Kier alpha value is -1.42. The van der Waals surface area contributed by atoms with Crippen molar-refractivity contribution >= 4 is 0 Å². The molecule has 1 aliphatic carbocycles. The molecule has 0 aromatic carbocycles. The smallest absolute Gasteiger partial charge is 0.266 e. The van der Waals surface area contributed by atoms with E-state index < -0.39 is 0 Å². The Morgan fingerprint density at radius 3 is 3.00 bits per heavy atom. The van der Waals surface area contributed by atoms with Crippen molar-refractivity contribution in [1.29, 1.82) is 0 Å². The molecule has 0 N–H and O–H groups in total. The number of hydrogen-bond acceptors (Lipinski definition) is 3. The molecule has 3 rings (SSSR count). The molecule has 2 aliphatic rings. The summed E-state index contributed by atoms with van der Waals surface area (Å²) in [6, 6.07) is 1.77. The zero-order valence-electron chi connectivity index (χ0n) is 13.3. The van der Waals surface area contributed by atoms with Gasteiger partial charge in [0.25, 0.3) is 5.56 Å². The van der Waals surface area contributed by atoms with Crippen LogP contribution in [0.4, 0.5) is 0 Å². The average molecular weight is 287 g/mol. The van der Waals surface area contributed by atoms with Gasteiger partial charge >= 0.3 is 0 Å². The van der Waals surface area contributed by atoms with Crippen molar-refractivity contribution in [1.82, 2.24) is 14.7 Å². The van der Waals surface area contributed by atoms with Crippen LogP contribution in [-0.2, 0) is 20.0 Å². The molecule has 1 aromatic heterocycles. The van der Waals surface area contributed by atoms with Crippen molar-refractivity contribution in [2.45, 2.75) is 39.7 Å². The second kappa shape index (κ2) is 5.76. The highest BCUT2D eigenvalue weighted by Crippen LogP contribution is 2.31. The summed E-state index contributed by atoms with van der Waals surface area (Å²) in [5, 5.41) is 4.39. The Balaban J connectivity index is 1.74. The maximum Gasteiger partial charge on any atom is 0.266 e. The van der Waals surface area contributed by atoms with Gasteiger partial charge in [0.2, 0.25) is 0 Å². The first-order valence-electron chi connectivity index (χ1n) is 7.99. The van der Waals surface area contributed by atoms with Gasteiger partial charge in [-0.3, -0.25) is 9.69 Å². The molecule has 0 fully saturated rings. The molecular weight excluding hydrogens is 262 g/mol. The minimum atomic E-state index is -0.00212. The topological polar surface area (TPSA) is 38.1 Å². The molecule has 2 atom stereocenters. The third kappa shape index (κ3) is 2.95. The van der Waals surface area contributed by atoms with Crippen molar-refractivity contribution in [3.8, 4) is 0 Å². The number of nitrogens with zero attached hydrogens (tertiary/aromatic N) is 3. The number of hydrogen-bond donors (Lipinski definition) is 0. The standard InChI is InChI=1S/C17H25N3O/c1-12-5-4-6-13(2)15(12)11-20-8-7-16-14(10-20)9-17(21)19(3)18-16/h5,9,13,15H,4,6-8,10-11H2,1-3H3/t13-,15+/m0/s1. The maximum atomic E-state index is 11.8. The summed E-state index contributed by atoms with van der Waals surface area (Å²) in [4.78, 5) is 14.3. The summed E-state index contributed by atoms with van der Waals surface area (Å²) in [6.07, 6.45) is 5.88. The predicted octanol–water partition coefficient (Wildman–Crippen LogP) is 2.13. The third-order valence-electron chi connectivity index (χ3n) is 5.13. The Labute approximate surface area is 126 Å². The van der Waals surface area contributed by atoms with Crippen LogP contribution in [-0.4, -0.2) is 27.8 Å². The van der Waals surface area contributed by atoms with E-state index in [-0.39, 0.29) is 5.56 Å². The Kier molecular flexibility index (Phi) is 3.98. The molecule has 21 heavy (non-hydrogen) atoms. The molecule has 0 radical (unpaired) electrons. The van der Waals surface area contributed by atoms with Gasteiger partial charge in [0.15, 0.2) is 0 Å². The van der Waals surface area contributed by atoms with Crippen LogP contribution in [0.1, 0.15) is 37.9 Å². The maximum absolute atomic E-state index is 11.8. The molecule has 114 valence electrons. The van der Waals surface area contributed by atoms with E-state index in [1.807, 2.05) is 0 Å². The van der Waals surface area contributed by atoms with Crippen molar-refractivity contribution in [3.63, 3.8) is 0 Å². The van der Waals surface area contributed by atoms with Crippen molar-refractivity contribution in [2.75, 3.05) is 13.1 Å². The summed E-state index contributed by atoms with van der Waals surface area (Å²) in [6.45, 7) is 7.67. The fraction of sp³-hybridized carbons (Fsp3) is 0.647. The largest absolute Gasteiger partial charge is 0.298 e. The minimum absolute atomic E-state index is 0.00212. The highest BCUT2D eigenvalue weighted by molar-refractivity contribution is 5.21. The number of rotatable bonds is 2. The van der Waals surface area contributed by atoms with E-state index in [1.54, 1.807) is 18.7 Å². The van der Waals surface area contributed by atoms with Gasteiger partial charge in [-0.05, 0) is 37.2 Å². The Bertz CT molecular complexity index is 617. The lowest BCUT2D eigenvalue weighted by Crippen LogP contribution is -2.39. The van der Waals surface area contributed by atoms with Gasteiger partial charge in [0, 0.05) is 39.2 Å². The van der Waals surface area contributed by atoms with Crippen molar-refractivity contribution < 1.29 is 0 Å². The molecule has 1 aromatic rings. The summed E-state index contributed by atoms with van der Waals surface area (Å²) in [7, 11) is 1.73. The normalized spacial score (nSPS) is 26.3. The Morgan fingerprint density at radius 1 is 1.43 bits per heavy atom. The van der Waals surface area contributed by atoms with E-state index in [9.17, 15) is 4.79 Å². The summed E-state index contributed by atoms with van der Waals surface area (Å²) < 4.78 is 1.45. The average Bonchev–Trinajstić information content (AvgIpc) is 2.44. The number of allylic oxidation sites excluding steroid dienone is 1. The predicted molar refractivity (Wildman–Crippen MR) is 84.1 cm³/mol. The van der Waals surface area contributed by atoms with E-state index in [1.165, 1.54) is 17.5 Å². The molecular formula is C17H25N3O. The van der Waals surface area contributed by atoms with Gasteiger partial charge in [-0.2, -0.15) is 5.10 Å². The lowest BCUT2D eigenvalue weighted by atomic mass is 9.79. The summed E-state index contributed by atoms with van der Waals surface area (Å²) in [5.41, 5.74) is 3.76. The van der Waals surface area contributed by atoms with Crippen LogP contribution >= 0.6 is 0 Å². The van der Waals surface area contributed by atoms with Crippen LogP contribution < -0.4 is 5.56 Å². The molecule has 4 nitrogen and oxygen atoms in total. The molecule has 4 heteroatoms. The van der Waals surface area contributed by atoms with Gasteiger partial charge in [-0.25, -0.2) is 4.68 Å². The van der Waals surface area contributed by atoms with Crippen LogP contribution in [0.25, 0.3) is 0 Å². The van der Waals surface area contributed by atoms with Crippen LogP contribution in [0.15, 0.2) is 22.5 Å². The van der Waals surface area contributed by atoms with Crippen molar-refractivity contribution in [2.24, 2.45) is 18.9 Å². The summed E-state index contributed by atoms with van der Waals surface area (Å²) >= 11 is 0. The molecule has 2 heterocycles. The van der Waals surface area contributed by atoms with Crippen LogP contribution in [0, 0.1) is 11.8 Å². The Morgan fingerprint density at radius 2 is 2.24 bits per heavy atom. The van der Waals surface area contributed by atoms with E-state index in [2.05, 4.69) is 29.9 Å². The summed E-state index contributed by atoms with van der Waals surface area (Å²) in [5.74, 6) is 1.43. The zero-order valence-corrected chi connectivity index (χ0v) is 13.3. The number of aromatic nitrogens is 2. The van der Waals surface area contributed by atoms with Crippen LogP contribution in [0.2, 0.25) is 0 Å². The SMILES string of the molecule is CC1=CCC[C@H](C)[C@@H]1CN1CCc2nn(C)c(=O)cc2C1. The third-order valence-corrected chi connectivity index (χ3v) is 5.13. The lowest BCUT2D eigenvalue weighted by Gasteiger charge is -2.36.